The third-order valence-electron chi connectivity index (χ3n) is 7.17. The highest BCUT2D eigenvalue weighted by molar-refractivity contribution is 6.06. The summed E-state index contributed by atoms with van der Waals surface area (Å²) in [6.45, 7) is 7.28. The number of ether oxygens (including phenoxy) is 1. The van der Waals surface area contributed by atoms with E-state index in [1.165, 1.54) is 17.0 Å². The summed E-state index contributed by atoms with van der Waals surface area (Å²) in [6, 6.07) is 6.39. The molecule has 4 heterocycles. The number of halogens is 3. The molecule has 11 heteroatoms. The van der Waals surface area contributed by atoms with Gasteiger partial charge in [0.25, 0.3) is 12.3 Å². The zero-order chi connectivity index (χ0) is 28.4. The van der Waals surface area contributed by atoms with Crippen LogP contribution < -0.4 is 10.6 Å². The molecule has 1 saturated heterocycles. The fraction of sp³-hybridized carbons (Fsp3) is 0.345. The molecule has 0 unspecified atom stereocenters. The van der Waals surface area contributed by atoms with Crippen LogP contribution in [-0.2, 0) is 11.3 Å². The molecule has 2 aromatic heterocycles. The van der Waals surface area contributed by atoms with E-state index in [2.05, 4.69) is 22.2 Å². The SMILES string of the molecule is C=C(/C(CN(C)CC(F)F)=N\C(=C/C)Nc1ccc(-c2cnc3cc(F)ccn23)c2c1C(=O)NC2)[C@H]1CCOC1. The Morgan fingerprint density at radius 2 is 2.23 bits per heavy atom. The fourth-order valence-corrected chi connectivity index (χ4v) is 5.10. The number of nitrogens with zero attached hydrogens (tertiary/aromatic N) is 4. The Morgan fingerprint density at radius 3 is 2.95 bits per heavy atom. The third-order valence-corrected chi connectivity index (χ3v) is 7.17. The number of imidazole rings is 1. The quantitative estimate of drug-likeness (QED) is 0.350. The summed E-state index contributed by atoms with van der Waals surface area (Å²) in [6.07, 6.45) is 3.34. The Kier molecular flexibility index (Phi) is 8.04. The number of nitrogens with one attached hydrogen (secondary N) is 2. The average Bonchev–Trinajstić information content (AvgIpc) is 3.67. The topological polar surface area (TPSA) is 83.3 Å². The number of pyridine rings is 1. The molecule has 0 aliphatic carbocycles. The molecule has 8 nitrogen and oxygen atoms in total. The number of hydrogen-bond donors (Lipinski definition) is 2. The van der Waals surface area contributed by atoms with Crippen LogP contribution in [0.3, 0.4) is 0 Å². The highest BCUT2D eigenvalue weighted by atomic mass is 19.3. The van der Waals surface area contributed by atoms with Crippen LogP contribution in [0.15, 0.2) is 65.7 Å². The van der Waals surface area contributed by atoms with Gasteiger partial charge < -0.3 is 15.4 Å². The first kappa shape index (κ1) is 27.6. The molecule has 5 rings (SSSR count). The molecule has 3 aromatic rings. The Balaban J connectivity index is 1.48. The van der Waals surface area contributed by atoms with E-state index < -0.39 is 13.0 Å². The maximum atomic E-state index is 13.7. The standard InChI is InChI=1S/C29H31F3N6O2/c1-4-26(36-23(14-37(3)15-25(31)32)17(2)18-8-10-40-16-18)35-22-6-5-20(21-12-34-29(39)28(21)22)24-13-33-27-11-19(30)7-9-38(24)27/h4-7,9,11,13,18,25,35H,2,8,10,12,14-16H2,1,3H3,(H,34,39)/b26-4-,36-23-/t18-/m0/s1. The van der Waals surface area contributed by atoms with Crippen molar-refractivity contribution in [1.82, 2.24) is 19.6 Å². The van der Waals surface area contributed by atoms with E-state index in [1.807, 2.05) is 6.07 Å². The number of aromatic nitrogens is 2. The number of allylic oxidation sites excluding steroid dienone is 1. The summed E-state index contributed by atoms with van der Waals surface area (Å²) < 4.78 is 47.1. The Labute approximate surface area is 230 Å². The predicted octanol–water partition coefficient (Wildman–Crippen LogP) is 4.89. The molecule has 1 atom stereocenters. The molecule has 210 valence electrons. The summed E-state index contributed by atoms with van der Waals surface area (Å²) in [5.74, 6) is -0.0952. The smallest absolute Gasteiger partial charge is 0.254 e. The Morgan fingerprint density at radius 1 is 1.40 bits per heavy atom. The largest absolute Gasteiger partial charge is 0.381 e. The molecule has 0 bridgehead atoms. The lowest BCUT2D eigenvalue weighted by molar-refractivity contribution is 0.0966. The monoisotopic (exact) mass is 552 g/mol. The van der Waals surface area contributed by atoms with Gasteiger partial charge in [0, 0.05) is 43.4 Å². The van der Waals surface area contributed by atoms with E-state index >= 15 is 0 Å². The molecule has 40 heavy (non-hydrogen) atoms. The van der Waals surface area contributed by atoms with Crippen molar-refractivity contribution in [3.05, 3.63) is 77.7 Å². The van der Waals surface area contributed by atoms with Gasteiger partial charge in [-0.25, -0.2) is 23.1 Å². The molecular formula is C29H31F3N6O2. The number of benzene rings is 1. The number of rotatable bonds is 10. The van der Waals surface area contributed by atoms with Crippen LogP contribution in [0.4, 0.5) is 18.9 Å². The molecule has 0 radical (unpaired) electrons. The van der Waals surface area contributed by atoms with Gasteiger partial charge in [-0.3, -0.25) is 14.1 Å². The van der Waals surface area contributed by atoms with Crippen molar-refractivity contribution in [3.63, 3.8) is 0 Å². The third kappa shape index (κ3) is 5.66. The van der Waals surface area contributed by atoms with E-state index in [1.54, 1.807) is 42.9 Å². The minimum atomic E-state index is -2.47. The second-order valence-corrected chi connectivity index (χ2v) is 9.94. The molecule has 1 fully saturated rings. The summed E-state index contributed by atoms with van der Waals surface area (Å²) in [4.78, 5) is 23.6. The van der Waals surface area contributed by atoms with Crippen molar-refractivity contribution in [2.75, 3.05) is 38.7 Å². The van der Waals surface area contributed by atoms with Crippen molar-refractivity contribution in [1.29, 1.82) is 0 Å². The lowest BCUT2D eigenvalue weighted by Crippen LogP contribution is -2.32. The number of anilines is 1. The van der Waals surface area contributed by atoms with Gasteiger partial charge in [-0.05, 0) is 49.7 Å². The molecule has 1 amide bonds. The van der Waals surface area contributed by atoms with Gasteiger partial charge in [0.05, 0.1) is 42.0 Å². The maximum Gasteiger partial charge on any atom is 0.254 e. The van der Waals surface area contributed by atoms with Crippen molar-refractivity contribution in [2.24, 2.45) is 10.9 Å². The van der Waals surface area contributed by atoms with Gasteiger partial charge in [0.2, 0.25) is 0 Å². The number of alkyl halides is 2. The first-order valence-corrected chi connectivity index (χ1v) is 13.1. The number of hydrogen-bond acceptors (Lipinski definition) is 6. The lowest BCUT2D eigenvalue weighted by atomic mass is 9.95. The molecule has 2 aliphatic rings. The Hall–Kier alpha value is -3.96. The zero-order valence-electron chi connectivity index (χ0n) is 22.4. The van der Waals surface area contributed by atoms with Crippen LogP contribution in [0.25, 0.3) is 16.9 Å². The summed E-state index contributed by atoms with van der Waals surface area (Å²) >= 11 is 0. The van der Waals surface area contributed by atoms with Crippen LogP contribution >= 0.6 is 0 Å². The van der Waals surface area contributed by atoms with Crippen LogP contribution in [-0.4, -0.2) is 65.7 Å². The number of carbonyl (C=O) groups is 1. The van der Waals surface area contributed by atoms with Gasteiger partial charge in [-0.2, -0.15) is 0 Å². The molecule has 2 aliphatic heterocycles. The molecular weight excluding hydrogens is 521 g/mol. The van der Waals surface area contributed by atoms with Gasteiger partial charge in [-0.1, -0.05) is 12.6 Å². The predicted molar refractivity (Wildman–Crippen MR) is 148 cm³/mol. The first-order chi connectivity index (χ1) is 19.2. The van der Waals surface area contributed by atoms with Crippen LogP contribution in [0, 0.1) is 11.7 Å². The van der Waals surface area contributed by atoms with E-state index in [-0.39, 0.29) is 24.2 Å². The number of carbonyl (C=O) groups excluding carboxylic acids is 1. The number of fused-ring (bicyclic) bond motifs is 2. The molecule has 2 N–H and O–H groups in total. The average molecular weight is 553 g/mol. The van der Waals surface area contributed by atoms with Gasteiger partial charge in [-0.15, -0.1) is 0 Å². The second kappa shape index (κ2) is 11.6. The summed E-state index contributed by atoms with van der Waals surface area (Å²) in [5, 5.41) is 6.16. The highest BCUT2D eigenvalue weighted by Gasteiger charge is 2.28. The minimum absolute atomic E-state index is 0.0602. The van der Waals surface area contributed by atoms with Crippen LogP contribution in [0.5, 0.6) is 0 Å². The van der Waals surface area contributed by atoms with E-state index in [0.29, 0.717) is 48.2 Å². The number of aliphatic imine (C=N–C) groups is 1. The van der Waals surface area contributed by atoms with Crippen LogP contribution in [0.1, 0.15) is 29.3 Å². The zero-order valence-corrected chi connectivity index (χ0v) is 22.4. The first-order valence-electron chi connectivity index (χ1n) is 13.1. The molecule has 1 aromatic carbocycles. The minimum Gasteiger partial charge on any atom is -0.381 e. The highest BCUT2D eigenvalue weighted by Crippen LogP contribution is 2.35. The van der Waals surface area contributed by atoms with Crippen molar-refractivity contribution in [3.8, 4) is 11.3 Å². The Bertz CT molecular complexity index is 1510. The lowest BCUT2D eigenvalue weighted by Gasteiger charge is -2.22. The number of amides is 1. The normalized spacial score (nSPS) is 17.7. The van der Waals surface area contributed by atoms with Crippen molar-refractivity contribution >= 4 is 23.0 Å². The van der Waals surface area contributed by atoms with Crippen molar-refractivity contribution in [2.45, 2.75) is 26.3 Å². The van der Waals surface area contributed by atoms with Crippen LogP contribution in [0.2, 0.25) is 0 Å². The molecule has 0 spiro atoms. The van der Waals surface area contributed by atoms with Crippen molar-refractivity contribution < 1.29 is 22.7 Å². The van der Waals surface area contributed by atoms with E-state index in [9.17, 15) is 18.0 Å². The fourth-order valence-electron chi connectivity index (χ4n) is 5.10. The van der Waals surface area contributed by atoms with E-state index in [0.717, 1.165) is 28.8 Å². The van der Waals surface area contributed by atoms with Gasteiger partial charge >= 0.3 is 0 Å². The van der Waals surface area contributed by atoms with E-state index in [4.69, 9.17) is 9.73 Å². The van der Waals surface area contributed by atoms with Gasteiger partial charge in [0.1, 0.15) is 17.3 Å². The summed E-state index contributed by atoms with van der Waals surface area (Å²) in [7, 11) is 1.62. The second-order valence-electron chi connectivity index (χ2n) is 9.94. The summed E-state index contributed by atoms with van der Waals surface area (Å²) in [5.41, 5.74) is 5.14. The maximum absolute atomic E-state index is 13.7. The van der Waals surface area contributed by atoms with Gasteiger partial charge in [0.15, 0.2) is 0 Å². The molecule has 0 saturated carbocycles.